The van der Waals surface area contributed by atoms with E-state index in [1.165, 1.54) is 29.6 Å². The van der Waals surface area contributed by atoms with Crippen molar-refractivity contribution in [3.63, 3.8) is 0 Å². The van der Waals surface area contributed by atoms with Gasteiger partial charge in [0.05, 0.1) is 36.9 Å². The number of nitrogens with zero attached hydrogens (tertiary/aromatic N) is 1. The van der Waals surface area contributed by atoms with Crippen molar-refractivity contribution >= 4 is 15.9 Å². The van der Waals surface area contributed by atoms with Crippen LogP contribution in [0.15, 0.2) is 23.1 Å². The van der Waals surface area contributed by atoms with Crippen molar-refractivity contribution in [2.24, 2.45) is 0 Å². The average Bonchev–Trinajstić information content (AvgIpc) is 3.26. The van der Waals surface area contributed by atoms with Crippen LogP contribution in [0, 0.1) is 0 Å². The molecule has 0 radical (unpaired) electrons. The van der Waals surface area contributed by atoms with E-state index in [0.29, 0.717) is 32.1 Å². The molecule has 2 aliphatic heterocycles. The van der Waals surface area contributed by atoms with E-state index in [1.807, 2.05) is 6.92 Å². The first kappa shape index (κ1) is 22.0. The van der Waals surface area contributed by atoms with E-state index in [1.54, 1.807) is 0 Å². The summed E-state index contributed by atoms with van der Waals surface area (Å²) in [4.78, 5) is 12.9. The number of carbonyl (C=O) groups is 1. The molecule has 0 saturated carbocycles. The third-order valence-electron chi connectivity index (χ3n) is 5.35. The smallest absolute Gasteiger partial charge is 0.255 e. The van der Waals surface area contributed by atoms with Crippen molar-refractivity contribution < 1.29 is 27.4 Å². The Morgan fingerprint density at radius 1 is 1.31 bits per heavy atom. The molecular weight excluding hydrogens is 396 g/mol. The molecule has 2 aliphatic rings. The van der Waals surface area contributed by atoms with E-state index < -0.39 is 10.0 Å². The van der Waals surface area contributed by atoms with E-state index in [4.69, 9.17) is 14.2 Å². The lowest BCUT2D eigenvalue weighted by molar-refractivity contribution is 0.0730. The molecule has 2 heterocycles. The number of carbonyl (C=O) groups excluding carboxylic acids is 1. The Bertz CT molecular complexity index is 801. The van der Waals surface area contributed by atoms with Gasteiger partial charge in [0.25, 0.3) is 5.91 Å². The van der Waals surface area contributed by atoms with Crippen molar-refractivity contribution in [3.05, 3.63) is 23.8 Å². The van der Waals surface area contributed by atoms with Crippen molar-refractivity contribution in [1.82, 2.24) is 9.62 Å². The molecule has 2 saturated heterocycles. The summed E-state index contributed by atoms with van der Waals surface area (Å²) in [6.45, 7) is 4.09. The number of methoxy groups -OCH3 is 1. The predicted molar refractivity (Wildman–Crippen MR) is 108 cm³/mol. The fourth-order valence-electron chi connectivity index (χ4n) is 3.64. The minimum absolute atomic E-state index is 0.0593. The minimum Gasteiger partial charge on any atom is -0.496 e. The van der Waals surface area contributed by atoms with E-state index in [-0.39, 0.29) is 28.5 Å². The van der Waals surface area contributed by atoms with Crippen LogP contribution in [-0.4, -0.2) is 70.8 Å². The van der Waals surface area contributed by atoms with Crippen LogP contribution in [0.5, 0.6) is 5.75 Å². The number of hydrogen-bond acceptors (Lipinski definition) is 6. The van der Waals surface area contributed by atoms with Gasteiger partial charge in [0.2, 0.25) is 10.0 Å². The molecule has 1 N–H and O–H groups in total. The third kappa shape index (κ3) is 5.48. The van der Waals surface area contributed by atoms with E-state index in [9.17, 15) is 13.2 Å². The van der Waals surface area contributed by atoms with E-state index >= 15 is 0 Å². The van der Waals surface area contributed by atoms with Crippen LogP contribution in [0.25, 0.3) is 0 Å². The van der Waals surface area contributed by atoms with Gasteiger partial charge in [-0.3, -0.25) is 4.79 Å². The molecule has 162 valence electrons. The SMILES string of the molecule is COc1ccc(S(=O)(=O)N2CCOCC2)cc1C(=O)NC(C)CCC1CCCO1. The molecule has 2 atom stereocenters. The molecule has 9 heteroatoms. The number of sulfonamides is 1. The minimum atomic E-state index is -3.69. The van der Waals surface area contributed by atoms with Crippen LogP contribution < -0.4 is 10.1 Å². The van der Waals surface area contributed by atoms with Crippen LogP contribution in [0.3, 0.4) is 0 Å². The Morgan fingerprint density at radius 3 is 2.72 bits per heavy atom. The number of ether oxygens (including phenoxy) is 3. The van der Waals surface area contributed by atoms with Gasteiger partial charge in [-0.15, -0.1) is 0 Å². The number of hydrogen-bond donors (Lipinski definition) is 1. The highest BCUT2D eigenvalue weighted by Gasteiger charge is 2.28. The summed E-state index contributed by atoms with van der Waals surface area (Å²) >= 11 is 0. The fraction of sp³-hybridized carbons (Fsp3) is 0.650. The van der Waals surface area contributed by atoms with Crippen LogP contribution in [0.1, 0.15) is 43.0 Å². The second-order valence-electron chi connectivity index (χ2n) is 7.47. The lowest BCUT2D eigenvalue weighted by Gasteiger charge is -2.26. The Hall–Kier alpha value is -1.68. The summed E-state index contributed by atoms with van der Waals surface area (Å²) in [6, 6.07) is 4.34. The summed E-state index contributed by atoms with van der Waals surface area (Å²) in [6.07, 6.45) is 4.11. The van der Waals surface area contributed by atoms with Crippen LogP contribution in [0.4, 0.5) is 0 Å². The maximum absolute atomic E-state index is 12.9. The molecule has 1 aromatic rings. The van der Waals surface area contributed by atoms with Gasteiger partial charge in [-0.25, -0.2) is 8.42 Å². The molecule has 0 aromatic heterocycles. The Labute approximate surface area is 172 Å². The fourth-order valence-corrected chi connectivity index (χ4v) is 5.08. The molecule has 2 unspecified atom stereocenters. The number of amides is 1. The Balaban J connectivity index is 1.71. The zero-order valence-corrected chi connectivity index (χ0v) is 17.9. The third-order valence-corrected chi connectivity index (χ3v) is 7.24. The summed E-state index contributed by atoms with van der Waals surface area (Å²) in [5.41, 5.74) is 0.214. The quantitative estimate of drug-likeness (QED) is 0.681. The lowest BCUT2D eigenvalue weighted by Crippen LogP contribution is -2.40. The molecule has 29 heavy (non-hydrogen) atoms. The average molecular weight is 427 g/mol. The highest BCUT2D eigenvalue weighted by molar-refractivity contribution is 7.89. The Morgan fingerprint density at radius 2 is 2.07 bits per heavy atom. The first-order valence-electron chi connectivity index (χ1n) is 10.1. The summed E-state index contributed by atoms with van der Waals surface area (Å²) in [7, 11) is -2.23. The molecule has 8 nitrogen and oxygen atoms in total. The standard InChI is InChI=1S/C20H30N2O6S/c1-15(5-6-16-4-3-11-28-16)21-20(23)18-14-17(7-8-19(18)26-2)29(24,25)22-9-12-27-13-10-22/h7-8,14-16H,3-6,9-13H2,1-2H3,(H,21,23). The van der Waals surface area contributed by atoms with Crippen LogP contribution in [0.2, 0.25) is 0 Å². The van der Waals surface area contributed by atoms with Gasteiger partial charge in [0.15, 0.2) is 0 Å². The summed E-state index contributed by atoms with van der Waals surface area (Å²) in [5, 5.41) is 2.95. The number of rotatable bonds is 8. The van der Waals surface area contributed by atoms with E-state index in [0.717, 1.165) is 32.3 Å². The normalized spacial score (nSPS) is 21.7. The lowest BCUT2D eigenvalue weighted by atomic mass is 10.1. The van der Waals surface area contributed by atoms with Crippen molar-refractivity contribution in [2.75, 3.05) is 40.0 Å². The number of morpholine rings is 1. The largest absolute Gasteiger partial charge is 0.496 e. The molecule has 2 fully saturated rings. The second-order valence-corrected chi connectivity index (χ2v) is 9.40. The topological polar surface area (TPSA) is 94.2 Å². The zero-order chi connectivity index (χ0) is 20.9. The molecule has 0 aliphatic carbocycles. The second kappa shape index (κ2) is 9.88. The summed E-state index contributed by atoms with van der Waals surface area (Å²) in [5.74, 6) is -0.00419. The molecule has 3 rings (SSSR count). The van der Waals surface area contributed by atoms with Crippen LogP contribution >= 0.6 is 0 Å². The van der Waals surface area contributed by atoms with Gasteiger partial charge in [0.1, 0.15) is 5.75 Å². The predicted octanol–water partition coefficient (Wildman–Crippen LogP) is 1.79. The molecular formula is C20H30N2O6S. The van der Waals surface area contributed by atoms with Crippen molar-refractivity contribution in [2.45, 2.75) is 49.6 Å². The monoisotopic (exact) mass is 426 g/mol. The molecule has 0 bridgehead atoms. The van der Waals surface area contributed by atoms with Gasteiger partial charge >= 0.3 is 0 Å². The van der Waals surface area contributed by atoms with Gasteiger partial charge in [-0.05, 0) is 50.8 Å². The highest BCUT2D eigenvalue weighted by Crippen LogP contribution is 2.25. The van der Waals surface area contributed by atoms with Gasteiger partial charge in [-0.1, -0.05) is 0 Å². The number of nitrogens with one attached hydrogen (secondary N) is 1. The van der Waals surface area contributed by atoms with Gasteiger partial charge < -0.3 is 19.5 Å². The number of benzene rings is 1. The van der Waals surface area contributed by atoms with Crippen molar-refractivity contribution in [1.29, 1.82) is 0 Å². The highest BCUT2D eigenvalue weighted by atomic mass is 32.2. The van der Waals surface area contributed by atoms with Crippen molar-refractivity contribution in [3.8, 4) is 5.75 Å². The molecule has 1 aromatic carbocycles. The van der Waals surface area contributed by atoms with Gasteiger partial charge in [-0.2, -0.15) is 4.31 Å². The first-order valence-corrected chi connectivity index (χ1v) is 11.5. The van der Waals surface area contributed by atoms with E-state index in [2.05, 4.69) is 5.32 Å². The summed E-state index contributed by atoms with van der Waals surface area (Å²) < 4.78 is 43.4. The molecule has 0 spiro atoms. The van der Waals surface area contributed by atoms with Crippen LogP contribution in [-0.2, 0) is 19.5 Å². The Kier molecular flexibility index (Phi) is 7.50. The maximum atomic E-state index is 12.9. The zero-order valence-electron chi connectivity index (χ0n) is 17.1. The maximum Gasteiger partial charge on any atom is 0.255 e. The molecule has 1 amide bonds. The van der Waals surface area contributed by atoms with Gasteiger partial charge in [0, 0.05) is 25.7 Å². The first-order chi connectivity index (χ1) is 13.9.